The van der Waals surface area contributed by atoms with E-state index >= 15 is 0 Å². The number of rotatable bonds is 8. The zero-order valence-electron chi connectivity index (χ0n) is 13.8. The van der Waals surface area contributed by atoms with Crippen LogP contribution >= 0.6 is 0 Å². The molecule has 0 spiro atoms. The van der Waals surface area contributed by atoms with E-state index in [0.29, 0.717) is 5.92 Å². The molecule has 1 saturated carbocycles. The van der Waals surface area contributed by atoms with Crippen molar-refractivity contribution in [3.63, 3.8) is 0 Å². The molecule has 4 heteroatoms. The van der Waals surface area contributed by atoms with Gasteiger partial charge in [-0.25, -0.2) is 9.97 Å². The average molecular weight is 290 g/mol. The van der Waals surface area contributed by atoms with Crippen LogP contribution in [0, 0.1) is 5.92 Å². The molecule has 0 amide bonds. The van der Waals surface area contributed by atoms with Gasteiger partial charge < -0.3 is 10.6 Å². The Morgan fingerprint density at radius 2 is 1.81 bits per heavy atom. The highest BCUT2D eigenvalue weighted by Gasteiger charge is 2.16. The Labute approximate surface area is 129 Å². The molecule has 0 aromatic carbocycles. The summed E-state index contributed by atoms with van der Waals surface area (Å²) < 4.78 is 0. The molecule has 118 valence electrons. The third-order valence-electron chi connectivity index (χ3n) is 4.36. The van der Waals surface area contributed by atoms with E-state index in [0.717, 1.165) is 30.6 Å². The van der Waals surface area contributed by atoms with Crippen LogP contribution in [0.4, 0.5) is 11.6 Å². The van der Waals surface area contributed by atoms with Crippen LogP contribution in [-0.4, -0.2) is 23.1 Å². The van der Waals surface area contributed by atoms with E-state index in [1.165, 1.54) is 44.1 Å². The minimum Gasteiger partial charge on any atom is -0.370 e. The van der Waals surface area contributed by atoms with Gasteiger partial charge in [-0.15, -0.1) is 0 Å². The van der Waals surface area contributed by atoms with Gasteiger partial charge in [0.1, 0.15) is 18.0 Å². The topological polar surface area (TPSA) is 49.8 Å². The van der Waals surface area contributed by atoms with E-state index in [-0.39, 0.29) is 0 Å². The third-order valence-corrected chi connectivity index (χ3v) is 4.36. The van der Waals surface area contributed by atoms with Gasteiger partial charge >= 0.3 is 0 Å². The molecule has 0 atom stereocenters. The fourth-order valence-corrected chi connectivity index (χ4v) is 3.29. The second-order valence-corrected chi connectivity index (χ2v) is 6.39. The van der Waals surface area contributed by atoms with Crippen molar-refractivity contribution in [2.45, 2.75) is 65.2 Å². The molecule has 21 heavy (non-hydrogen) atoms. The average Bonchev–Trinajstić information content (AvgIpc) is 2.97. The zero-order chi connectivity index (χ0) is 15.1. The first-order chi connectivity index (χ1) is 10.2. The summed E-state index contributed by atoms with van der Waals surface area (Å²) in [4.78, 5) is 8.83. The maximum absolute atomic E-state index is 4.45. The molecule has 0 bridgehead atoms. The van der Waals surface area contributed by atoms with Gasteiger partial charge in [0.2, 0.25) is 0 Å². The molecule has 1 heterocycles. The van der Waals surface area contributed by atoms with Crippen LogP contribution < -0.4 is 10.6 Å². The fraction of sp³-hybridized carbons (Fsp3) is 0.765. The van der Waals surface area contributed by atoms with Crippen molar-refractivity contribution >= 4 is 11.6 Å². The lowest BCUT2D eigenvalue weighted by molar-refractivity contribution is 0.491. The standard InChI is InChI=1S/C17H30N4/c1-4-18-16-15(13(2)3)17(21-12-20-16)19-11-7-10-14-8-5-6-9-14/h12-14H,4-11H2,1-3H3,(H2,18,19,20,21). The molecule has 0 unspecified atom stereocenters. The van der Waals surface area contributed by atoms with Crippen molar-refractivity contribution in [1.29, 1.82) is 0 Å². The van der Waals surface area contributed by atoms with Crippen LogP contribution in [0.1, 0.15) is 70.8 Å². The first-order valence-corrected chi connectivity index (χ1v) is 8.55. The second-order valence-electron chi connectivity index (χ2n) is 6.39. The van der Waals surface area contributed by atoms with Gasteiger partial charge in [0.25, 0.3) is 0 Å². The predicted molar refractivity (Wildman–Crippen MR) is 90.0 cm³/mol. The Morgan fingerprint density at radius 3 is 2.43 bits per heavy atom. The van der Waals surface area contributed by atoms with Crippen LogP contribution in [0.25, 0.3) is 0 Å². The van der Waals surface area contributed by atoms with Crippen molar-refractivity contribution in [3.05, 3.63) is 11.9 Å². The zero-order valence-corrected chi connectivity index (χ0v) is 13.8. The van der Waals surface area contributed by atoms with Gasteiger partial charge in [0.05, 0.1) is 0 Å². The highest BCUT2D eigenvalue weighted by atomic mass is 15.1. The van der Waals surface area contributed by atoms with Crippen molar-refractivity contribution in [1.82, 2.24) is 9.97 Å². The Morgan fingerprint density at radius 1 is 1.14 bits per heavy atom. The number of nitrogens with one attached hydrogen (secondary N) is 2. The monoisotopic (exact) mass is 290 g/mol. The highest BCUT2D eigenvalue weighted by molar-refractivity contribution is 5.58. The third kappa shape index (κ3) is 4.58. The molecule has 1 aromatic heterocycles. The van der Waals surface area contributed by atoms with Crippen molar-refractivity contribution < 1.29 is 0 Å². The van der Waals surface area contributed by atoms with Crippen LogP contribution in [0.15, 0.2) is 6.33 Å². The minimum atomic E-state index is 0.414. The van der Waals surface area contributed by atoms with Gasteiger partial charge in [0, 0.05) is 18.7 Å². The molecule has 0 aliphatic heterocycles. The lowest BCUT2D eigenvalue weighted by atomic mass is 10.0. The smallest absolute Gasteiger partial charge is 0.134 e. The van der Waals surface area contributed by atoms with Crippen molar-refractivity contribution in [2.75, 3.05) is 23.7 Å². The van der Waals surface area contributed by atoms with E-state index in [1.54, 1.807) is 6.33 Å². The minimum absolute atomic E-state index is 0.414. The van der Waals surface area contributed by atoms with Gasteiger partial charge in [-0.2, -0.15) is 0 Å². The Balaban J connectivity index is 1.90. The maximum Gasteiger partial charge on any atom is 0.134 e. The summed E-state index contributed by atoms with van der Waals surface area (Å²) in [6.45, 7) is 8.39. The Kier molecular flexibility index (Phi) is 6.27. The molecular formula is C17H30N4. The summed E-state index contributed by atoms with van der Waals surface area (Å²) in [5.74, 6) is 3.36. The summed E-state index contributed by atoms with van der Waals surface area (Å²) in [7, 11) is 0. The maximum atomic E-state index is 4.45. The first kappa shape index (κ1) is 16.1. The van der Waals surface area contributed by atoms with E-state index in [1.807, 2.05) is 0 Å². The number of aromatic nitrogens is 2. The van der Waals surface area contributed by atoms with E-state index < -0.39 is 0 Å². The van der Waals surface area contributed by atoms with Gasteiger partial charge in [-0.3, -0.25) is 0 Å². The predicted octanol–water partition coefficient (Wildman–Crippen LogP) is 4.41. The number of nitrogens with zero attached hydrogens (tertiary/aromatic N) is 2. The van der Waals surface area contributed by atoms with Gasteiger partial charge in [-0.1, -0.05) is 39.5 Å². The number of hydrogen-bond donors (Lipinski definition) is 2. The first-order valence-electron chi connectivity index (χ1n) is 8.55. The van der Waals surface area contributed by atoms with E-state index in [9.17, 15) is 0 Å². The van der Waals surface area contributed by atoms with Crippen molar-refractivity contribution in [3.8, 4) is 0 Å². The summed E-state index contributed by atoms with van der Waals surface area (Å²) in [5, 5.41) is 6.87. The molecule has 2 N–H and O–H groups in total. The quantitative estimate of drug-likeness (QED) is 0.696. The largest absolute Gasteiger partial charge is 0.370 e. The lowest BCUT2D eigenvalue weighted by Crippen LogP contribution is -2.12. The summed E-state index contributed by atoms with van der Waals surface area (Å²) in [5.41, 5.74) is 1.21. The summed E-state index contributed by atoms with van der Waals surface area (Å²) >= 11 is 0. The fourth-order valence-electron chi connectivity index (χ4n) is 3.29. The van der Waals surface area contributed by atoms with Crippen LogP contribution in [0.2, 0.25) is 0 Å². The molecule has 2 rings (SSSR count). The molecule has 1 aliphatic rings. The SMILES string of the molecule is CCNc1ncnc(NCCCC2CCCC2)c1C(C)C. The number of hydrogen-bond acceptors (Lipinski definition) is 4. The van der Waals surface area contributed by atoms with Crippen LogP contribution in [-0.2, 0) is 0 Å². The number of anilines is 2. The molecule has 4 nitrogen and oxygen atoms in total. The van der Waals surface area contributed by atoms with Crippen LogP contribution in [0.5, 0.6) is 0 Å². The second kappa shape index (κ2) is 8.20. The molecule has 0 saturated heterocycles. The molecular weight excluding hydrogens is 260 g/mol. The van der Waals surface area contributed by atoms with E-state index in [4.69, 9.17) is 0 Å². The Hall–Kier alpha value is -1.32. The highest BCUT2D eigenvalue weighted by Crippen LogP contribution is 2.30. The summed E-state index contributed by atoms with van der Waals surface area (Å²) in [6.07, 6.45) is 10.0. The molecule has 1 fully saturated rings. The molecule has 1 aromatic rings. The van der Waals surface area contributed by atoms with Gasteiger partial charge in [0.15, 0.2) is 0 Å². The normalized spacial score (nSPS) is 15.6. The summed E-state index contributed by atoms with van der Waals surface area (Å²) in [6, 6.07) is 0. The van der Waals surface area contributed by atoms with E-state index in [2.05, 4.69) is 41.4 Å². The van der Waals surface area contributed by atoms with Crippen molar-refractivity contribution in [2.24, 2.45) is 5.92 Å². The van der Waals surface area contributed by atoms with Crippen LogP contribution in [0.3, 0.4) is 0 Å². The molecule has 1 aliphatic carbocycles. The Bertz CT molecular complexity index is 425. The lowest BCUT2D eigenvalue weighted by Gasteiger charge is -2.17. The molecule has 0 radical (unpaired) electrons. The van der Waals surface area contributed by atoms with Gasteiger partial charge in [-0.05, 0) is 31.6 Å².